The lowest BCUT2D eigenvalue weighted by Crippen LogP contribution is -2.19. The van der Waals surface area contributed by atoms with E-state index in [1.165, 1.54) is 11.1 Å². The maximum Gasteiger partial charge on any atom is 0.122 e. The lowest BCUT2D eigenvalue weighted by atomic mass is 9.92. The van der Waals surface area contributed by atoms with E-state index >= 15 is 0 Å². The Bertz CT molecular complexity index is 371. The van der Waals surface area contributed by atoms with E-state index in [-0.39, 0.29) is 6.04 Å². The van der Waals surface area contributed by atoms with Gasteiger partial charge in [-0.3, -0.25) is 0 Å². The molecule has 0 radical (unpaired) electrons. The van der Waals surface area contributed by atoms with Crippen molar-refractivity contribution in [3.05, 3.63) is 29.3 Å². The summed E-state index contributed by atoms with van der Waals surface area (Å²) in [7, 11) is 1.74. The molecule has 1 aromatic rings. The molecule has 2 nitrogen and oxygen atoms in total. The van der Waals surface area contributed by atoms with Gasteiger partial charge in [0.05, 0.1) is 7.11 Å². The van der Waals surface area contributed by atoms with Crippen LogP contribution in [0.1, 0.15) is 51.2 Å². The first-order valence-corrected chi connectivity index (χ1v) is 6.86. The van der Waals surface area contributed by atoms with Crippen LogP contribution in [0, 0.1) is 5.92 Å². The van der Waals surface area contributed by atoms with E-state index in [4.69, 9.17) is 10.5 Å². The van der Waals surface area contributed by atoms with Gasteiger partial charge >= 0.3 is 0 Å². The summed E-state index contributed by atoms with van der Waals surface area (Å²) in [4.78, 5) is 0. The number of benzene rings is 1. The summed E-state index contributed by atoms with van der Waals surface area (Å²) >= 11 is 0. The maximum absolute atomic E-state index is 5.85. The zero-order chi connectivity index (χ0) is 13.7. The Morgan fingerprint density at radius 3 is 2.33 bits per heavy atom. The van der Waals surface area contributed by atoms with Crippen molar-refractivity contribution in [3.8, 4) is 5.75 Å². The molecule has 0 saturated carbocycles. The Hall–Kier alpha value is -1.02. The summed E-state index contributed by atoms with van der Waals surface area (Å²) in [6.45, 7) is 8.74. The van der Waals surface area contributed by atoms with Gasteiger partial charge in [0, 0.05) is 6.04 Å². The third kappa shape index (κ3) is 4.34. The van der Waals surface area contributed by atoms with Crippen LogP contribution >= 0.6 is 0 Å². The Labute approximate surface area is 112 Å². The average molecular weight is 249 g/mol. The van der Waals surface area contributed by atoms with Gasteiger partial charge in [0.15, 0.2) is 0 Å². The fraction of sp³-hybridized carbons (Fsp3) is 0.625. The Kier molecular flexibility index (Phi) is 5.67. The topological polar surface area (TPSA) is 35.2 Å². The van der Waals surface area contributed by atoms with Crippen molar-refractivity contribution < 1.29 is 4.74 Å². The van der Waals surface area contributed by atoms with E-state index in [1.807, 2.05) is 0 Å². The minimum atomic E-state index is 0.280. The first-order chi connectivity index (χ1) is 8.43. The molecule has 0 saturated heterocycles. The van der Waals surface area contributed by atoms with Gasteiger partial charge in [-0.2, -0.15) is 0 Å². The van der Waals surface area contributed by atoms with Crippen LogP contribution in [0.25, 0.3) is 0 Å². The molecule has 18 heavy (non-hydrogen) atoms. The van der Waals surface area contributed by atoms with Gasteiger partial charge < -0.3 is 10.5 Å². The van der Waals surface area contributed by atoms with Crippen molar-refractivity contribution in [2.24, 2.45) is 11.7 Å². The van der Waals surface area contributed by atoms with Crippen molar-refractivity contribution in [1.82, 2.24) is 0 Å². The predicted molar refractivity (Wildman–Crippen MR) is 78.2 cm³/mol. The molecular weight excluding hydrogens is 222 g/mol. The molecule has 0 heterocycles. The molecule has 1 rings (SSSR count). The van der Waals surface area contributed by atoms with Gasteiger partial charge in [-0.05, 0) is 48.8 Å². The van der Waals surface area contributed by atoms with Crippen molar-refractivity contribution in [1.29, 1.82) is 0 Å². The fourth-order valence-electron chi connectivity index (χ4n) is 2.48. The highest BCUT2D eigenvalue weighted by atomic mass is 16.5. The summed E-state index contributed by atoms with van der Waals surface area (Å²) < 4.78 is 5.41. The third-order valence-corrected chi connectivity index (χ3v) is 3.27. The fourth-order valence-corrected chi connectivity index (χ4v) is 2.48. The minimum absolute atomic E-state index is 0.280. The first kappa shape index (κ1) is 15.0. The van der Waals surface area contributed by atoms with Gasteiger partial charge in [0.2, 0.25) is 0 Å². The van der Waals surface area contributed by atoms with Crippen LogP contribution in [0.5, 0.6) is 5.75 Å². The zero-order valence-corrected chi connectivity index (χ0v) is 12.4. The van der Waals surface area contributed by atoms with Gasteiger partial charge in [0.1, 0.15) is 5.75 Å². The summed E-state index contributed by atoms with van der Waals surface area (Å²) in [5, 5.41) is 0. The number of nitrogens with two attached hydrogens (primary N) is 1. The van der Waals surface area contributed by atoms with E-state index in [1.54, 1.807) is 7.11 Å². The molecule has 2 unspecified atom stereocenters. The lowest BCUT2D eigenvalue weighted by molar-refractivity contribution is 0.407. The molecule has 0 bridgehead atoms. The van der Waals surface area contributed by atoms with E-state index in [9.17, 15) is 0 Å². The van der Waals surface area contributed by atoms with Crippen LogP contribution in [-0.4, -0.2) is 13.2 Å². The highest BCUT2D eigenvalue weighted by molar-refractivity contribution is 5.39. The molecule has 102 valence electrons. The second kappa shape index (κ2) is 6.79. The van der Waals surface area contributed by atoms with E-state index in [2.05, 4.69) is 45.9 Å². The molecule has 0 aromatic heterocycles. The summed E-state index contributed by atoms with van der Waals surface area (Å²) in [5.41, 5.74) is 8.53. The maximum atomic E-state index is 5.85. The molecular formula is C16H27NO. The van der Waals surface area contributed by atoms with Crippen LogP contribution in [0.15, 0.2) is 18.2 Å². The smallest absolute Gasteiger partial charge is 0.122 e. The van der Waals surface area contributed by atoms with E-state index in [0.29, 0.717) is 11.8 Å². The quantitative estimate of drug-likeness (QED) is 0.833. The highest BCUT2D eigenvalue weighted by Crippen LogP contribution is 2.28. The van der Waals surface area contributed by atoms with E-state index in [0.717, 1.165) is 18.6 Å². The normalized spacial score (nSPS) is 14.6. The predicted octanol–water partition coefficient (Wildman–Crippen LogP) is 3.73. The van der Waals surface area contributed by atoms with Crippen LogP contribution in [0.2, 0.25) is 0 Å². The number of methoxy groups -OCH3 is 1. The summed E-state index contributed by atoms with van der Waals surface area (Å²) in [6.07, 6.45) is 2.16. The van der Waals surface area contributed by atoms with Crippen LogP contribution in [-0.2, 0) is 6.42 Å². The third-order valence-electron chi connectivity index (χ3n) is 3.27. The molecule has 0 spiro atoms. The Morgan fingerprint density at radius 1 is 1.17 bits per heavy atom. The average Bonchev–Trinajstić information content (AvgIpc) is 2.27. The highest BCUT2D eigenvalue weighted by Gasteiger charge is 2.11. The van der Waals surface area contributed by atoms with Crippen molar-refractivity contribution >= 4 is 0 Å². The number of rotatable bonds is 6. The number of hydrogen-bond acceptors (Lipinski definition) is 2. The molecule has 0 aliphatic rings. The largest absolute Gasteiger partial charge is 0.496 e. The van der Waals surface area contributed by atoms with Gasteiger partial charge in [-0.15, -0.1) is 0 Å². The van der Waals surface area contributed by atoms with Crippen molar-refractivity contribution in [3.63, 3.8) is 0 Å². The molecule has 0 amide bonds. The zero-order valence-electron chi connectivity index (χ0n) is 12.4. The number of ether oxygens (including phenoxy) is 1. The van der Waals surface area contributed by atoms with Crippen LogP contribution < -0.4 is 10.5 Å². The molecule has 2 N–H and O–H groups in total. The Morgan fingerprint density at radius 2 is 1.83 bits per heavy atom. The first-order valence-electron chi connectivity index (χ1n) is 6.86. The Balaban J connectivity index is 2.81. The monoisotopic (exact) mass is 249 g/mol. The second-order valence-corrected chi connectivity index (χ2v) is 5.75. The molecule has 0 aliphatic heterocycles. The van der Waals surface area contributed by atoms with E-state index < -0.39 is 0 Å². The van der Waals surface area contributed by atoms with Gasteiger partial charge in [0.25, 0.3) is 0 Å². The molecule has 0 aliphatic carbocycles. The molecule has 2 heteroatoms. The van der Waals surface area contributed by atoms with Gasteiger partial charge in [-0.25, -0.2) is 0 Å². The standard InChI is InChI=1S/C16H27NO/c1-11(2)15-10-14(6-7-16(15)18-5)9-12(3)8-13(4)17/h6-7,10-13H,8-9,17H2,1-5H3. The van der Waals surface area contributed by atoms with Crippen molar-refractivity contribution in [2.45, 2.75) is 52.5 Å². The molecule has 0 fully saturated rings. The summed E-state index contributed by atoms with van der Waals surface area (Å²) in [6, 6.07) is 6.81. The molecule has 1 aromatic carbocycles. The van der Waals surface area contributed by atoms with Crippen LogP contribution in [0.4, 0.5) is 0 Å². The summed E-state index contributed by atoms with van der Waals surface area (Å²) in [5.74, 6) is 2.11. The second-order valence-electron chi connectivity index (χ2n) is 5.75. The van der Waals surface area contributed by atoms with Gasteiger partial charge in [-0.1, -0.05) is 32.9 Å². The van der Waals surface area contributed by atoms with Crippen molar-refractivity contribution in [2.75, 3.05) is 7.11 Å². The number of hydrogen-bond donors (Lipinski definition) is 1. The van der Waals surface area contributed by atoms with Crippen LogP contribution in [0.3, 0.4) is 0 Å². The molecule has 2 atom stereocenters. The SMILES string of the molecule is COc1ccc(CC(C)CC(C)N)cc1C(C)C. The lowest BCUT2D eigenvalue weighted by Gasteiger charge is -2.17. The minimum Gasteiger partial charge on any atom is -0.496 e.